The van der Waals surface area contributed by atoms with E-state index in [0.29, 0.717) is 46.6 Å². The second-order valence-electron chi connectivity index (χ2n) is 15.4. The van der Waals surface area contributed by atoms with E-state index in [0.717, 1.165) is 12.5 Å². The van der Waals surface area contributed by atoms with Crippen LogP contribution in [0.4, 0.5) is 4.39 Å². The Bertz CT molecular complexity index is 1500. The van der Waals surface area contributed by atoms with Crippen molar-refractivity contribution in [1.29, 1.82) is 0 Å². The number of nitrogens with zero attached hydrogens (tertiary/aromatic N) is 1. The van der Waals surface area contributed by atoms with Crippen molar-refractivity contribution in [1.82, 2.24) is 15.7 Å². The van der Waals surface area contributed by atoms with Gasteiger partial charge in [-0.3, -0.25) is 14.4 Å². The predicted molar refractivity (Wildman–Crippen MR) is 184 cm³/mol. The fraction of sp³-hybridized carbons (Fsp3) is 0.632. The number of carbonyl (C=O) groups excluding carboxylic acids is 2. The maximum Gasteiger partial charge on any atom is 0.251 e. The van der Waals surface area contributed by atoms with Crippen molar-refractivity contribution in [2.75, 3.05) is 20.3 Å². The Labute approximate surface area is 289 Å². The van der Waals surface area contributed by atoms with E-state index in [1.165, 1.54) is 24.7 Å². The maximum absolute atomic E-state index is 15.0. The van der Waals surface area contributed by atoms with Gasteiger partial charge in [0.2, 0.25) is 5.91 Å². The Morgan fingerprint density at radius 1 is 1.14 bits per heavy atom. The zero-order valence-electron chi connectivity index (χ0n) is 29.8. The van der Waals surface area contributed by atoms with E-state index in [4.69, 9.17) is 9.57 Å². The predicted octanol–water partition coefficient (Wildman–Crippen LogP) is 4.30. The van der Waals surface area contributed by atoms with Crippen LogP contribution in [0.25, 0.3) is 11.1 Å². The minimum atomic E-state index is -0.940. The van der Waals surface area contributed by atoms with Gasteiger partial charge in [0.25, 0.3) is 5.91 Å². The summed E-state index contributed by atoms with van der Waals surface area (Å²) in [5.74, 6) is -0.0233. The Morgan fingerprint density at radius 3 is 2.47 bits per heavy atom. The molecule has 11 heteroatoms. The van der Waals surface area contributed by atoms with Crippen molar-refractivity contribution in [2.45, 2.75) is 97.7 Å². The highest BCUT2D eigenvalue weighted by molar-refractivity contribution is 5.96. The van der Waals surface area contributed by atoms with Crippen molar-refractivity contribution in [3.8, 4) is 16.9 Å². The summed E-state index contributed by atoms with van der Waals surface area (Å²) >= 11 is 0. The van der Waals surface area contributed by atoms with Crippen molar-refractivity contribution in [3.63, 3.8) is 0 Å². The van der Waals surface area contributed by atoms with Gasteiger partial charge in [-0.25, -0.2) is 4.39 Å². The minimum Gasteiger partial charge on any atom is -0.496 e. The van der Waals surface area contributed by atoms with Crippen LogP contribution < -0.4 is 15.4 Å². The molecule has 1 heterocycles. The third-order valence-corrected chi connectivity index (χ3v) is 11.5. The monoisotopic (exact) mass is 683 g/mol. The van der Waals surface area contributed by atoms with E-state index in [2.05, 4.69) is 31.4 Å². The molecule has 10 nitrogen and oxygen atoms in total. The van der Waals surface area contributed by atoms with Gasteiger partial charge in [0, 0.05) is 28.7 Å². The van der Waals surface area contributed by atoms with Crippen LogP contribution in [0.15, 0.2) is 36.4 Å². The average Bonchev–Trinajstić information content (AvgIpc) is 3.43. The molecule has 3 aliphatic carbocycles. The lowest BCUT2D eigenvalue weighted by molar-refractivity contribution is -0.183. The molecule has 5 N–H and O–H groups in total. The molecule has 4 fully saturated rings. The van der Waals surface area contributed by atoms with E-state index < -0.39 is 41.9 Å². The first-order chi connectivity index (χ1) is 23.2. The molecule has 4 aliphatic rings. The number of carbonyl (C=O) groups is 2. The fourth-order valence-electron chi connectivity index (χ4n) is 8.72. The zero-order valence-corrected chi connectivity index (χ0v) is 29.8. The lowest BCUT2D eigenvalue weighted by Crippen LogP contribution is -2.62. The van der Waals surface area contributed by atoms with E-state index >= 15 is 4.39 Å². The number of aliphatic hydroxyl groups excluding tert-OH is 3. The van der Waals surface area contributed by atoms with Crippen molar-refractivity contribution in [2.24, 2.45) is 35.0 Å². The number of fused-ring (bicyclic) bond motifs is 2. The van der Waals surface area contributed by atoms with E-state index in [-0.39, 0.29) is 48.6 Å². The number of hydrogen-bond acceptors (Lipinski definition) is 8. The number of hydroxylamine groups is 2. The van der Waals surface area contributed by atoms with Gasteiger partial charge in [0.05, 0.1) is 39.0 Å². The first-order valence-corrected chi connectivity index (χ1v) is 17.6. The molecule has 9 atom stereocenters. The molecule has 6 rings (SSSR count). The van der Waals surface area contributed by atoms with Crippen LogP contribution in [-0.4, -0.2) is 82.9 Å². The molecular formula is C38H54FN3O7. The summed E-state index contributed by atoms with van der Waals surface area (Å²) in [6.07, 6.45) is 0.906. The number of ether oxygens (including phenoxy) is 1. The molecule has 2 aromatic carbocycles. The molecule has 49 heavy (non-hydrogen) atoms. The summed E-state index contributed by atoms with van der Waals surface area (Å²) in [5, 5.41) is 38.4. The summed E-state index contributed by atoms with van der Waals surface area (Å²) in [6.45, 7) is 11.9. The van der Waals surface area contributed by atoms with Crippen molar-refractivity contribution in [3.05, 3.63) is 53.3 Å². The minimum absolute atomic E-state index is 0.00391. The third kappa shape index (κ3) is 7.51. The Kier molecular flexibility index (Phi) is 11.4. The molecule has 2 amide bonds. The zero-order chi connectivity index (χ0) is 35.8. The van der Waals surface area contributed by atoms with Gasteiger partial charge < -0.3 is 30.7 Å². The van der Waals surface area contributed by atoms with Crippen LogP contribution in [-0.2, 0) is 16.2 Å². The molecule has 0 unspecified atom stereocenters. The van der Waals surface area contributed by atoms with Gasteiger partial charge in [0.1, 0.15) is 23.7 Å². The molecule has 2 bridgehead atoms. The summed E-state index contributed by atoms with van der Waals surface area (Å²) in [5.41, 5.74) is 1.93. The van der Waals surface area contributed by atoms with Crippen LogP contribution in [0, 0.1) is 40.8 Å². The van der Waals surface area contributed by atoms with Crippen LogP contribution in [0.2, 0.25) is 0 Å². The second kappa shape index (κ2) is 15.0. The number of benzene rings is 2. The highest BCUT2D eigenvalue weighted by Gasteiger charge is 2.57. The molecule has 1 aliphatic heterocycles. The van der Waals surface area contributed by atoms with Crippen LogP contribution in [0.3, 0.4) is 0 Å². The van der Waals surface area contributed by atoms with Crippen LogP contribution in [0.1, 0.15) is 76.7 Å². The largest absolute Gasteiger partial charge is 0.496 e. The molecule has 3 saturated carbocycles. The second-order valence-corrected chi connectivity index (χ2v) is 15.4. The standard InChI is InChI=1S/C38H54FN3O7/c1-20(2)11-28(18-43)40-36(46)25-12-24(13-27(39)14-25)29-10-8-9-23(35(29)48-7)17-42-34(33(22(4)45)32(19-44)49-42)37(47)41-31-16-26-15-30(21(31)3)38(26,5)6/h8-10,12-14,20-22,26,28,30-34,43-45H,11,15-19H2,1-7H3,(H,40,46)(H,41,47)/t21-,22-,26+,28-,30-,31-,32-,33+,34-/m0/s1. The molecule has 270 valence electrons. The number of aliphatic hydroxyl groups is 3. The smallest absolute Gasteiger partial charge is 0.251 e. The van der Waals surface area contributed by atoms with E-state index in [9.17, 15) is 24.9 Å². The highest BCUT2D eigenvalue weighted by atomic mass is 19.1. The van der Waals surface area contributed by atoms with Gasteiger partial charge in [-0.05, 0) is 79.0 Å². The third-order valence-electron chi connectivity index (χ3n) is 11.5. The lowest BCUT2D eigenvalue weighted by atomic mass is 9.45. The summed E-state index contributed by atoms with van der Waals surface area (Å²) < 4.78 is 20.9. The Balaban J connectivity index is 1.41. The van der Waals surface area contributed by atoms with Gasteiger partial charge in [-0.2, -0.15) is 5.06 Å². The number of methoxy groups -OCH3 is 1. The molecule has 0 radical (unpaired) electrons. The fourth-order valence-corrected chi connectivity index (χ4v) is 8.72. The topological polar surface area (TPSA) is 141 Å². The maximum atomic E-state index is 15.0. The number of hydrogen-bond donors (Lipinski definition) is 5. The normalized spacial score (nSPS) is 28.9. The number of amides is 2. The number of nitrogens with one attached hydrogen (secondary N) is 2. The Morgan fingerprint density at radius 2 is 1.88 bits per heavy atom. The first-order valence-electron chi connectivity index (χ1n) is 17.6. The quantitative estimate of drug-likeness (QED) is 0.211. The highest BCUT2D eigenvalue weighted by Crippen LogP contribution is 2.61. The molecule has 1 saturated heterocycles. The summed E-state index contributed by atoms with van der Waals surface area (Å²) in [6, 6.07) is 8.06. The summed E-state index contributed by atoms with van der Waals surface area (Å²) in [7, 11) is 1.49. The van der Waals surface area contributed by atoms with Crippen LogP contribution >= 0.6 is 0 Å². The molecule has 0 aromatic heterocycles. The molecular weight excluding hydrogens is 629 g/mol. The van der Waals surface area contributed by atoms with E-state index in [1.54, 1.807) is 25.1 Å². The summed E-state index contributed by atoms with van der Waals surface area (Å²) in [4.78, 5) is 33.4. The van der Waals surface area contributed by atoms with Crippen molar-refractivity contribution >= 4 is 11.8 Å². The number of halogens is 1. The number of para-hydroxylation sites is 1. The molecule has 2 aromatic rings. The Hall–Kier alpha value is -3.09. The molecule has 0 spiro atoms. The lowest BCUT2D eigenvalue weighted by Gasteiger charge is -2.62. The average molecular weight is 684 g/mol. The van der Waals surface area contributed by atoms with Crippen molar-refractivity contribution < 1.29 is 38.9 Å². The first kappa shape index (κ1) is 37.2. The van der Waals surface area contributed by atoms with Gasteiger partial charge in [-0.1, -0.05) is 52.8 Å². The van der Waals surface area contributed by atoms with Crippen LogP contribution in [0.5, 0.6) is 5.75 Å². The number of rotatable bonds is 13. The SMILES string of the molecule is COc1c(CN2O[C@@H](CO)[C@@H]([C@H](C)O)[C@H]2C(=O)N[C@H]2C[C@H]3C[C@@H]([C@@H]2C)C3(C)C)cccc1-c1cc(F)cc(C(=O)N[C@H](CO)CC(C)C)c1. The van der Waals surface area contributed by atoms with E-state index in [1.807, 2.05) is 19.9 Å². The van der Waals surface area contributed by atoms with Gasteiger partial charge in [-0.15, -0.1) is 0 Å². The van der Waals surface area contributed by atoms with Gasteiger partial charge in [0.15, 0.2) is 0 Å². The van der Waals surface area contributed by atoms with Gasteiger partial charge >= 0.3 is 0 Å².